The Balaban J connectivity index is 3.00. The zero-order valence-corrected chi connectivity index (χ0v) is 7.35. The van der Waals surface area contributed by atoms with E-state index < -0.39 is 11.6 Å². The number of rotatable bonds is 1. The Bertz CT molecular complexity index is 393. The Morgan fingerprint density at radius 1 is 1.29 bits per heavy atom. The normalized spacial score (nSPS) is 9.36. The molecule has 0 aliphatic heterocycles. The highest BCUT2D eigenvalue weighted by molar-refractivity contribution is 5.56. The standard InChI is InChI=1S/C10H9F2NO/c11-8-5-7(3-1-2-4-14)10(13)6-9(8)12/h5-6,14H,2,4,13H2. The molecule has 74 valence electrons. The smallest absolute Gasteiger partial charge is 0.160 e. The molecule has 14 heavy (non-hydrogen) atoms. The van der Waals surface area contributed by atoms with Crippen LogP contribution in [0.25, 0.3) is 0 Å². The highest BCUT2D eigenvalue weighted by atomic mass is 19.2. The molecule has 4 heteroatoms. The van der Waals surface area contributed by atoms with Gasteiger partial charge < -0.3 is 10.8 Å². The molecular formula is C10H9F2NO. The van der Waals surface area contributed by atoms with Gasteiger partial charge in [-0.05, 0) is 6.07 Å². The molecule has 1 aromatic rings. The summed E-state index contributed by atoms with van der Waals surface area (Å²) in [5, 5.41) is 8.44. The first-order chi connectivity index (χ1) is 6.65. The van der Waals surface area contributed by atoms with Gasteiger partial charge in [0.2, 0.25) is 0 Å². The first-order valence-electron chi connectivity index (χ1n) is 3.99. The van der Waals surface area contributed by atoms with Gasteiger partial charge in [-0.25, -0.2) is 8.78 Å². The third kappa shape index (κ3) is 2.44. The maximum Gasteiger partial charge on any atom is 0.160 e. The predicted molar refractivity (Wildman–Crippen MR) is 49.4 cm³/mol. The Labute approximate surface area is 80.4 Å². The molecule has 0 spiro atoms. The van der Waals surface area contributed by atoms with Gasteiger partial charge in [0, 0.05) is 12.5 Å². The van der Waals surface area contributed by atoms with Crippen LogP contribution in [0.1, 0.15) is 12.0 Å². The van der Waals surface area contributed by atoms with Crippen LogP contribution in [0.3, 0.4) is 0 Å². The minimum absolute atomic E-state index is 0.0728. The summed E-state index contributed by atoms with van der Waals surface area (Å²) < 4.78 is 25.3. The van der Waals surface area contributed by atoms with E-state index in [-0.39, 0.29) is 24.3 Å². The summed E-state index contributed by atoms with van der Waals surface area (Å²) in [7, 11) is 0. The molecule has 3 N–H and O–H groups in total. The fraction of sp³-hybridized carbons (Fsp3) is 0.200. The van der Waals surface area contributed by atoms with Crippen LogP contribution < -0.4 is 5.73 Å². The highest BCUT2D eigenvalue weighted by Crippen LogP contribution is 2.15. The summed E-state index contributed by atoms with van der Waals surface area (Å²) >= 11 is 0. The van der Waals surface area contributed by atoms with Gasteiger partial charge in [0.15, 0.2) is 11.6 Å². The van der Waals surface area contributed by atoms with E-state index in [9.17, 15) is 8.78 Å². The number of hydrogen-bond donors (Lipinski definition) is 2. The monoisotopic (exact) mass is 197 g/mol. The molecule has 0 aliphatic rings. The molecule has 0 bridgehead atoms. The summed E-state index contributed by atoms with van der Waals surface area (Å²) in [6.07, 6.45) is 0.276. The number of anilines is 1. The molecular weight excluding hydrogens is 188 g/mol. The second kappa shape index (κ2) is 4.58. The molecule has 0 radical (unpaired) electrons. The summed E-state index contributed by atoms with van der Waals surface area (Å²) in [6.45, 7) is -0.0728. The van der Waals surface area contributed by atoms with Crippen molar-refractivity contribution >= 4 is 5.69 Å². The second-order valence-electron chi connectivity index (χ2n) is 2.63. The van der Waals surface area contributed by atoms with Crippen molar-refractivity contribution in [3.05, 3.63) is 29.3 Å². The van der Waals surface area contributed by atoms with Crippen molar-refractivity contribution in [2.45, 2.75) is 6.42 Å². The van der Waals surface area contributed by atoms with Gasteiger partial charge in [-0.15, -0.1) is 0 Å². The molecule has 0 unspecified atom stereocenters. The molecule has 0 fully saturated rings. The Morgan fingerprint density at radius 2 is 1.93 bits per heavy atom. The van der Waals surface area contributed by atoms with Gasteiger partial charge >= 0.3 is 0 Å². The third-order valence-electron chi connectivity index (χ3n) is 1.55. The largest absolute Gasteiger partial charge is 0.398 e. The second-order valence-corrected chi connectivity index (χ2v) is 2.63. The molecule has 0 aliphatic carbocycles. The van der Waals surface area contributed by atoms with Crippen molar-refractivity contribution in [1.82, 2.24) is 0 Å². The van der Waals surface area contributed by atoms with Gasteiger partial charge in [-0.1, -0.05) is 11.8 Å². The first kappa shape index (κ1) is 10.5. The van der Waals surface area contributed by atoms with Crippen LogP contribution in [0.2, 0.25) is 0 Å². The van der Waals surface area contributed by atoms with E-state index >= 15 is 0 Å². The van der Waals surface area contributed by atoms with Crippen LogP contribution in [0, 0.1) is 23.5 Å². The van der Waals surface area contributed by atoms with Crippen molar-refractivity contribution < 1.29 is 13.9 Å². The molecule has 0 saturated carbocycles. The molecule has 0 heterocycles. The number of hydrogen-bond acceptors (Lipinski definition) is 2. The Kier molecular flexibility index (Phi) is 3.43. The number of nitrogens with two attached hydrogens (primary N) is 1. The molecule has 1 aromatic carbocycles. The number of aliphatic hydroxyl groups excluding tert-OH is 1. The topological polar surface area (TPSA) is 46.2 Å². The maximum atomic E-state index is 12.7. The van der Waals surface area contributed by atoms with E-state index in [2.05, 4.69) is 11.8 Å². The molecule has 1 rings (SSSR count). The first-order valence-corrected chi connectivity index (χ1v) is 3.99. The van der Waals surface area contributed by atoms with Crippen LogP contribution in [0.5, 0.6) is 0 Å². The minimum atomic E-state index is -0.991. The summed E-state index contributed by atoms with van der Waals surface area (Å²) in [5.74, 6) is 3.14. The van der Waals surface area contributed by atoms with E-state index in [1.807, 2.05) is 0 Å². The molecule has 0 atom stereocenters. The van der Waals surface area contributed by atoms with Crippen molar-refractivity contribution in [1.29, 1.82) is 0 Å². The van der Waals surface area contributed by atoms with E-state index in [1.165, 1.54) is 0 Å². The van der Waals surface area contributed by atoms with E-state index in [4.69, 9.17) is 10.8 Å². The fourth-order valence-electron chi connectivity index (χ4n) is 0.884. The highest BCUT2D eigenvalue weighted by Gasteiger charge is 2.05. The van der Waals surface area contributed by atoms with E-state index in [0.29, 0.717) is 0 Å². The number of benzene rings is 1. The Morgan fingerprint density at radius 3 is 2.57 bits per heavy atom. The average Bonchev–Trinajstić information content (AvgIpc) is 2.14. The average molecular weight is 197 g/mol. The summed E-state index contributed by atoms with van der Waals surface area (Å²) in [6, 6.07) is 1.83. The van der Waals surface area contributed by atoms with Crippen LogP contribution in [0.15, 0.2) is 12.1 Å². The van der Waals surface area contributed by atoms with Crippen LogP contribution in [0.4, 0.5) is 14.5 Å². The van der Waals surface area contributed by atoms with Crippen molar-refractivity contribution in [2.75, 3.05) is 12.3 Å². The van der Waals surface area contributed by atoms with E-state index in [1.54, 1.807) is 0 Å². The lowest BCUT2D eigenvalue weighted by Gasteiger charge is -1.98. The fourth-order valence-corrected chi connectivity index (χ4v) is 0.884. The number of halogens is 2. The van der Waals surface area contributed by atoms with Gasteiger partial charge in [-0.2, -0.15) is 0 Å². The zero-order chi connectivity index (χ0) is 10.6. The molecule has 0 saturated heterocycles. The van der Waals surface area contributed by atoms with Gasteiger partial charge in [0.05, 0.1) is 17.9 Å². The summed E-state index contributed by atoms with van der Waals surface area (Å²) in [4.78, 5) is 0. The SMILES string of the molecule is Nc1cc(F)c(F)cc1C#CCCO. The molecule has 0 aromatic heterocycles. The third-order valence-corrected chi connectivity index (χ3v) is 1.55. The van der Waals surface area contributed by atoms with Crippen molar-refractivity contribution in [3.63, 3.8) is 0 Å². The quantitative estimate of drug-likeness (QED) is 0.526. The lowest BCUT2D eigenvalue weighted by Crippen LogP contribution is -1.94. The van der Waals surface area contributed by atoms with Gasteiger partial charge in [0.25, 0.3) is 0 Å². The molecule has 2 nitrogen and oxygen atoms in total. The Hall–Kier alpha value is -1.60. The van der Waals surface area contributed by atoms with Gasteiger partial charge in [-0.3, -0.25) is 0 Å². The zero-order valence-electron chi connectivity index (χ0n) is 7.35. The van der Waals surface area contributed by atoms with Crippen LogP contribution in [-0.2, 0) is 0 Å². The minimum Gasteiger partial charge on any atom is -0.398 e. The van der Waals surface area contributed by atoms with Gasteiger partial charge in [0.1, 0.15) is 0 Å². The summed E-state index contributed by atoms with van der Waals surface area (Å²) in [5.41, 5.74) is 5.73. The van der Waals surface area contributed by atoms with Crippen LogP contribution >= 0.6 is 0 Å². The number of aliphatic hydroxyl groups is 1. The lowest BCUT2D eigenvalue weighted by molar-refractivity contribution is 0.305. The van der Waals surface area contributed by atoms with Crippen molar-refractivity contribution in [3.8, 4) is 11.8 Å². The van der Waals surface area contributed by atoms with E-state index in [0.717, 1.165) is 12.1 Å². The maximum absolute atomic E-state index is 12.7. The predicted octanol–water partition coefficient (Wildman–Crippen LogP) is 1.28. The van der Waals surface area contributed by atoms with Crippen molar-refractivity contribution in [2.24, 2.45) is 0 Å². The molecule has 0 amide bonds. The lowest BCUT2D eigenvalue weighted by atomic mass is 10.1. The van der Waals surface area contributed by atoms with Crippen LogP contribution in [-0.4, -0.2) is 11.7 Å². The number of nitrogen functional groups attached to an aromatic ring is 1.